The summed E-state index contributed by atoms with van der Waals surface area (Å²) in [7, 11) is 3.37. The maximum Gasteiger partial charge on any atom is 0.338 e. The van der Waals surface area contributed by atoms with Gasteiger partial charge in [-0.15, -0.1) is 0 Å². The van der Waals surface area contributed by atoms with Crippen molar-refractivity contribution in [2.24, 2.45) is 7.05 Å². The lowest BCUT2D eigenvalue weighted by atomic mass is 10.0. The van der Waals surface area contributed by atoms with Gasteiger partial charge in [0.2, 0.25) is 5.43 Å². The molecule has 26 heavy (non-hydrogen) atoms. The van der Waals surface area contributed by atoms with Gasteiger partial charge in [0, 0.05) is 44.5 Å². The Morgan fingerprint density at radius 1 is 1.19 bits per heavy atom. The fraction of sp³-hybridized carbons (Fsp3) is 0.211. The summed E-state index contributed by atoms with van der Waals surface area (Å²) in [6, 6.07) is 8.57. The minimum atomic E-state index is -0.455. The standard InChI is InChI=1S/C19H19N3O4/c1-21-12-16(18(23)17(13-21)22-8-4-7-20-22)14-5-3-6-15(11-14)19(24)26-10-9-25-2/h3-8,11-13H,9-10H2,1-2H3. The topological polar surface area (TPSA) is 75.3 Å². The molecule has 0 N–H and O–H groups in total. The van der Waals surface area contributed by atoms with Crippen molar-refractivity contribution < 1.29 is 14.3 Å². The molecule has 0 spiro atoms. The molecule has 0 radical (unpaired) electrons. The van der Waals surface area contributed by atoms with Gasteiger partial charge in [0.1, 0.15) is 12.3 Å². The Bertz CT molecular complexity index is 961. The third kappa shape index (κ3) is 3.73. The predicted molar refractivity (Wildman–Crippen MR) is 96.4 cm³/mol. The minimum absolute atomic E-state index is 0.170. The molecule has 0 atom stereocenters. The van der Waals surface area contributed by atoms with Gasteiger partial charge in [0.15, 0.2) is 0 Å². The van der Waals surface area contributed by atoms with Crippen LogP contribution in [0.3, 0.4) is 0 Å². The van der Waals surface area contributed by atoms with Gasteiger partial charge in [-0.25, -0.2) is 9.48 Å². The highest BCUT2D eigenvalue weighted by molar-refractivity contribution is 5.91. The van der Waals surface area contributed by atoms with Crippen molar-refractivity contribution in [2.75, 3.05) is 20.3 Å². The van der Waals surface area contributed by atoms with Crippen LogP contribution in [0.2, 0.25) is 0 Å². The van der Waals surface area contributed by atoms with Crippen LogP contribution >= 0.6 is 0 Å². The zero-order chi connectivity index (χ0) is 18.5. The molecular weight excluding hydrogens is 334 g/mol. The van der Waals surface area contributed by atoms with Gasteiger partial charge in [-0.2, -0.15) is 5.10 Å². The largest absolute Gasteiger partial charge is 0.460 e. The fourth-order valence-electron chi connectivity index (χ4n) is 2.58. The zero-order valence-corrected chi connectivity index (χ0v) is 14.6. The van der Waals surface area contributed by atoms with E-state index in [1.165, 1.54) is 11.8 Å². The number of aryl methyl sites for hydroxylation is 1. The molecule has 134 valence electrons. The summed E-state index contributed by atoms with van der Waals surface area (Å²) in [6.07, 6.45) is 6.76. The fourth-order valence-corrected chi connectivity index (χ4v) is 2.58. The number of benzene rings is 1. The van der Waals surface area contributed by atoms with E-state index < -0.39 is 5.97 Å². The van der Waals surface area contributed by atoms with Gasteiger partial charge >= 0.3 is 5.97 Å². The normalized spacial score (nSPS) is 10.7. The van der Waals surface area contributed by atoms with Crippen LogP contribution in [0.5, 0.6) is 0 Å². The molecule has 0 saturated heterocycles. The zero-order valence-electron chi connectivity index (χ0n) is 14.6. The van der Waals surface area contributed by atoms with Gasteiger partial charge < -0.3 is 14.0 Å². The van der Waals surface area contributed by atoms with Crippen LogP contribution in [0.4, 0.5) is 0 Å². The van der Waals surface area contributed by atoms with E-state index in [1.54, 1.807) is 59.7 Å². The molecular formula is C19H19N3O4. The number of ether oxygens (including phenoxy) is 2. The second-order valence-electron chi connectivity index (χ2n) is 5.71. The summed E-state index contributed by atoms with van der Waals surface area (Å²) in [5.74, 6) is -0.455. The number of rotatable bonds is 6. The second-order valence-corrected chi connectivity index (χ2v) is 5.71. The summed E-state index contributed by atoms with van der Waals surface area (Å²) in [4.78, 5) is 25.0. The van der Waals surface area contributed by atoms with Crippen LogP contribution in [0.15, 0.2) is 59.9 Å². The van der Waals surface area contributed by atoms with Crippen LogP contribution in [-0.4, -0.2) is 40.6 Å². The molecule has 0 aliphatic heterocycles. The van der Waals surface area contributed by atoms with Crippen molar-refractivity contribution >= 4 is 5.97 Å². The highest BCUT2D eigenvalue weighted by atomic mass is 16.6. The van der Waals surface area contributed by atoms with E-state index in [-0.39, 0.29) is 12.0 Å². The molecule has 2 heterocycles. The summed E-state index contributed by atoms with van der Waals surface area (Å²) in [5.41, 5.74) is 1.76. The Morgan fingerprint density at radius 2 is 2.04 bits per heavy atom. The maximum atomic E-state index is 12.9. The van der Waals surface area contributed by atoms with Crippen LogP contribution in [0.25, 0.3) is 16.8 Å². The number of methoxy groups -OCH3 is 1. The van der Waals surface area contributed by atoms with Gasteiger partial charge in [-0.05, 0) is 23.8 Å². The van der Waals surface area contributed by atoms with Gasteiger partial charge in [-0.1, -0.05) is 12.1 Å². The lowest BCUT2D eigenvalue weighted by Crippen LogP contribution is -2.17. The molecule has 0 amide bonds. The first-order valence-electron chi connectivity index (χ1n) is 8.07. The number of aromatic nitrogens is 3. The smallest absolute Gasteiger partial charge is 0.338 e. The van der Waals surface area contributed by atoms with Crippen molar-refractivity contribution in [2.45, 2.75) is 0 Å². The third-order valence-electron chi connectivity index (χ3n) is 3.82. The summed E-state index contributed by atoms with van der Waals surface area (Å²) < 4.78 is 13.3. The van der Waals surface area contributed by atoms with Gasteiger partial charge in [0.05, 0.1) is 12.2 Å². The molecule has 7 heteroatoms. The molecule has 3 aromatic rings. The van der Waals surface area contributed by atoms with E-state index in [0.29, 0.717) is 29.0 Å². The summed E-state index contributed by atoms with van der Waals surface area (Å²) in [6.45, 7) is 0.508. The number of hydrogen-bond acceptors (Lipinski definition) is 5. The van der Waals surface area contributed by atoms with E-state index in [4.69, 9.17) is 9.47 Å². The minimum Gasteiger partial charge on any atom is -0.460 e. The van der Waals surface area contributed by atoms with Crippen molar-refractivity contribution in [3.8, 4) is 16.8 Å². The van der Waals surface area contributed by atoms with Crippen LogP contribution < -0.4 is 5.43 Å². The Labute approximate surface area is 150 Å². The van der Waals surface area contributed by atoms with Crippen molar-refractivity contribution in [1.29, 1.82) is 0 Å². The molecule has 0 aliphatic carbocycles. The Kier molecular flexibility index (Phi) is 5.28. The first-order valence-corrected chi connectivity index (χ1v) is 8.07. The first-order chi connectivity index (χ1) is 12.6. The Hall–Kier alpha value is -3.19. The monoisotopic (exact) mass is 353 g/mol. The molecule has 2 aromatic heterocycles. The number of hydrogen-bond donors (Lipinski definition) is 0. The quantitative estimate of drug-likeness (QED) is 0.501. The van der Waals surface area contributed by atoms with Crippen molar-refractivity contribution in [1.82, 2.24) is 14.3 Å². The Balaban J connectivity index is 1.98. The average molecular weight is 353 g/mol. The molecule has 0 bridgehead atoms. The van der Waals surface area contributed by atoms with Crippen LogP contribution in [0.1, 0.15) is 10.4 Å². The van der Waals surface area contributed by atoms with E-state index in [9.17, 15) is 9.59 Å². The SMILES string of the molecule is COCCOC(=O)c1cccc(-c2cn(C)cc(-n3cccn3)c2=O)c1. The lowest BCUT2D eigenvalue weighted by molar-refractivity contribution is 0.0388. The number of carbonyl (C=O) groups excluding carboxylic acids is 1. The van der Waals surface area contributed by atoms with E-state index in [2.05, 4.69) is 5.10 Å². The predicted octanol–water partition coefficient (Wildman–Crippen LogP) is 2.04. The lowest BCUT2D eigenvalue weighted by Gasteiger charge is -2.10. The average Bonchev–Trinajstić information content (AvgIpc) is 3.18. The van der Waals surface area contributed by atoms with Crippen LogP contribution in [-0.2, 0) is 16.5 Å². The molecule has 0 unspecified atom stereocenters. The van der Waals surface area contributed by atoms with Gasteiger partial charge in [0.25, 0.3) is 0 Å². The van der Waals surface area contributed by atoms with E-state index in [0.717, 1.165) is 0 Å². The molecule has 0 saturated carbocycles. The molecule has 3 rings (SSSR count). The number of esters is 1. The van der Waals surface area contributed by atoms with E-state index >= 15 is 0 Å². The van der Waals surface area contributed by atoms with E-state index in [1.807, 2.05) is 7.05 Å². The van der Waals surface area contributed by atoms with Crippen molar-refractivity contribution in [3.63, 3.8) is 0 Å². The van der Waals surface area contributed by atoms with Crippen molar-refractivity contribution in [3.05, 3.63) is 70.9 Å². The molecule has 0 aliphatic rings. The molecule has 0 fully saturated rings. The number of nitrogens with zero attached hydrogens (tertiary/aromatic N) is 3. The highest BCUT2D eigenvalue weighted by Gasteiger charge is 2.13. The Morgan fingerprint density at radius 3 is 2.77 bits per heavy atom. The summed E-state index contributed by atoms with van der Waals surface area (Å²) in [5, 5.41) is 4.13. The molecule has 1 aromatic carbocycles. The second kappa shape index (κ2) is 7.79. The summed E-state index contributed by atoms with van der Waals surface area (Å²) >= 11 is 0. The highest BCUT2D eigenvalue weighted by Crippen LogP contribution is 2.19. The first kappa shape index (κ1) is 17.6. The van der Waals surface area contributed by atoms with Crippen LogP contribution in [0, 0.1) is 0 Å². The maximum absolute atomic E-state index is 12.9. The third-order valence-corrected chi connectivity index (χ3v) is 3.82. The van der Waals surface area contributed by atoms with Gasteiger partial charge in [-0.3, -0.25) is 4.79 Å². The number of pyridine rings is 1. The number of carbonyl (C=O) groups is 1. The molecule has 7 nitrogen and oxygen atoms in total.